The van der Waals surface area contributed by atoms with E-state index in [0.717, 1.165) is 69.3 Å². The maximum Gasteiger partial charge on any atom is 0.191 e. The van der Waals surface area contributed by atoms with Crippen molar-refractivity contribution in [3.05, 3.63) is 58.8 Å². The van der Waals surface area contributed by atoms with E-state index in [1.807, 2.05) is 12.1 Å². The van der Waals surface area contributed by atoms with Crippen molar-refractivity contribution in [1.29, 1.82) is 0 Å². The van der Waals surface area contributed by atoms with Crippen molar-refractivity contribution in [2.45, 2.75) is 31.1 Å². The number of halogens is 2. The molecule has 2 N–H and O–H groups in total. The van der Waals surface area contributed by atoms with E-state index in [2.05, 4.69) is 10.6 Å². The van der Waals surface area contributed by atoms with Gasteiger partial charge in [-0.2, -0.15) is 0 Å². The maximum atomic E-state index is 13.4. The monoisotopic (exact) mass is 419 g/mol. The van der Waals surface area contributed by atoms with E-state index in [9.17, 15) is 4.39 Å². The van der Waals surface area contributed by atoms with Gasteiger partial charge in [0.25, 0.3) is 0 Å². The second kappa shape index (κ2) is 9.18. The summed E-state index contributed by atoms with van der Waals surface area (Å²) in [7, 11) is 0. The summed E-state index contributed by atoms with van der Waals surface area (Å²) in [5.74, 6) is 1.93. The topological polar surface area (TPSA) is 58.8 Å². The van der Waals surface area contributed by atoms with Crippen LogP contribution in [0.25, 0.3) is 0 Å². The Bertz CT molecular complexity index is 831. The smallest absolute Gasteiger partial charge is 0.191 e. The SMILES string of the molecule is Fc1ccc(C2(CN=C(NCCc3ccco3)NCC3CCOC3)CC2)c(Cl)c1. The van der Waals surface area contributed by atoms with E-state index in [-0.39, 0.29) is 11.2 Å². The Morgan fingerprint density at radius 2 is 2.17 bits per heavy atom. The van der Waals surface area contributed by atoms with Crippen LogP contribution in [-0.2, 0) is 16.6 Å². The number of aliphatic imine (C=N–C) groups is 1. The summed E-state index contributed by atoms with van der Waals surface area (Å²) in [5, 5.41) is 7.34. The van der Waals surface area contributed by atoms with Crippen LogP contribution in [0.1, 0.15) is 30.6 Å². The first kappa shape index (κ1) is 20.2. The van der Waals surface area contributed by atoms with Gasteiger partial charge < -0.3 is 19.8 Å². The number of rotatable bonds is 8. The number of nitrogens with zero attached hydrogens (tertiary/aromatic N) is 1. The lowest BCUT2D eigenvalue weighted by atomic mass is 9.96. The fourth-order valence-corrected chi connectivity index (χ4v) is 4.10. The van der Waals surface area contributed by atoms with E-state index >= 15 is 0 Å². The highest BCUT2D eigenvalue weighted by atomic mass is 35.5. The Labute approximate surface area is 175 Å². The van der Waals surface area contributed by atoms with Crippen molar-refractivity contribution in [2.75, 3.05) is 32.8 Å². The van der Waals surface area contributed by atoms with Crippen molar-refractivity contribution in [3.63, 3.8) is 0 Å². The van der Waals surface area contributed by atoms with Crippen LogP contribution in [0.4, 0.5) is 4.39 Å². The molecule has 2 fully saturated rings. The van der Waals surface area contributed by atoms with Gasteiger partial charge in [0.15, 0.2) is 5.96 Å². The zero-order chi connectivity index (χ0) is 20.1. The molecule has 1 aliphatic carbocycles. The Morgan fingerprint density at radius 1 is 1.28 bits per heavy atom. The van der Waals surface area contributed by atoms with Crippen LogP contribution in [0.2, 0.25) is 5.02 Å². The van der Waals surface area contributed by atoms with Crippen molar-refractivity contribution in [3.8, 4) is 0 Å². The predicted molar refractivity (Wildman–Crippen MR) is 112 cm³/mol. The van der Waals surface area contributed by atoms with Crippen LogP contribution in [0.15, 0.2) is 46.0 Å². The van der Waals surface area contributed by atoms with Gasteiger partial charge in [0.2, 0.25) is 0 Å². The summed E-state index contributed by atoms with van der Waals surface area (Å²) in [6.45, 7) is 3.80. The molecular formula is C22H27ClFN3O2. The Balaban J connectivity index is 1.40. The predicted octanol–water partition coefficient (Wildman–Crippen LogP) is 3.92. The van der Waals surface area contributed by atoms with E-state index in [1.165, 1.54) is 12.1 Å². The van der Waals surface area contributed by atoms with E-state index in [4.69, 9.17) is 25.7 Å². The molecule has 1 saturated heterocycles. The highest BCUT2D eigenvalue weighted by Crippen LogP contribution is 2.50. The molecular weight excluding hydrogens is 393 g/mol. The largest absolute Gasteiger partial charge is 0.469 e. The lowest BCUT2D eigenvalue weighted by Gasteiger charge is -2.18. The summed E-state index contributed by atoms with van der Waals surface area (Å²) < 4.78 is 24.3. The summed E-state index contributed by atoms with van der Waals surface area (Å²) in [6.07, 6.45) is 5.57. The lowest BCUT2D eigenvalue weighted by Crippen LogP contribution is -2.41. The lowest BCUT2D eigenvalue weighted by molar-refractivity contribution is 0.186. The molecule has 1 aromatic heterocycles. The summed E-state index contributed by atoms with van der Waals surface area (Å²) in [4.78, 5) is 4.85. The summed E-state index contributed by atoms with van der Waals surface area (Å²) in [6, 6.07) is 8.53. The molecule has 29 heavy (non-hydrogen) atoms. The molecule has 0 bridgehead atoms. The van der Waals surface area contributed by atoms with Crippen molar-refractivity contribution in [1.82, 2.24) is 10.6 Å². The molecule has 0 spiro atoms. The second-order valence-electron chi connectivity index (χ2n) is 7.94. The van der Waals surface area contributed by atoms with Crippen LogP contribution in [0.5, 0.6) is 0 Å². The number of hydrogen-bond donors (Lipinski definition) is 2. The number of ether oxygens (including phenoxy) is 1. The van der Waals surface area contributed by atoms with Gasteiger partial charge in [-0.05, 0) is 49.1 Å². The molecule has 1 aromatic carbocycles. The molecule has 0 radical (unpaired) electrons. The fourth-order valence-electron chi connectivity index (χ4n) is 3.73. The Morgan fingerprint density at radius 3 is 2.86 bits per heavy atom. The first-order valence-electron chi connectivity index (χ1n) is 10.2. The van der Waals surface area contributed by atoms with Gasteiger partial charge in [-0.15, -0.1) is 0 Å². The molecule has 1 unspecified atom stereocenters. The van der Waals surface area contributed by atoms with E-state index < -0.39 is 0 Å². The van der Waals surface area contributed by atoms with Crippen molar-refractivity contribution < 1.29 is 13.5 Å². The zero-order valence-electron chi connectivity index (χ0n) is 16.4. The number of nitrogens with one attached hydrogen (secondary N) is 2. The number of hydrogen-bond acceptors (Lipinski definition) is 3. The van der Waals surface area contributed by atoms with Gasteiger partial charge in [-0.1, -0.05) is 17.7 Å². The van der Waals surface area contributed by atoms with Crippen molar-refractivity contribution in [2.24, 2.45) is 10.9 Å². The average Bonchev–Trinajstić information content (AvgIpc) is 3.10. The molecule has 1 aliphatic heterocycles. The highest BCUT2D eigenvalue weighted by molar-refractivity contribution is 6.31. The molecule has 4 rings (SSSR count). The normalized spacial score (nSPS) is 20.6. The molecule has 1 atom stereocenters. The van der Waals surface area contributed by atoms with Crippen LogP contribution in [0, 0.1) is 11.7 Å². The first-order chi connectivity index (χ1) is 14.1. The molecule has 156 valence electrons. The van der Waals surface area contributed by atoms with Crippen LogP contribution >= 0.6 is 11.6 Å². The minimum Gasteiger partial charge on any atom is -0.469 e. The van der Waals surface area contributed by atoms with Gasteiger partial charge >= 0.3 is 0 Å². The minimum atomic E-state index is -0.307. The average molecular weight is 420 g/mol. The zero-order valence-corrected chi connectivity index (χ0v) is 17.2. The molecule has 2 aromatic rings. The Kier molecular flexibility index (Phi) is 6.40. The quantitative estimate of drug-likeness (QED) is 0.503. The molecule has 1 saturated carbocycles. The highest BCUT2D eigenvalue weighted by Gasteiger charge is 2.45. The van der Waals surface area contributed by atoms with Gasteiger partial charge in [-0.25, -0.2) is 4.39 Å². The maximum absolute atomic E-state index is 13.4. The van der Waals surface area contributed by atoms with Crippen LogP contribution in [0.3, 0.4) is 0 Å². The third-order valence-electron chi connectivity index (χ3n) is 5.72. The first-order valence-corrected chi connectivity index (χ1v) is 10.6. The van der Waals surface area contributed by atoms with Crippen molar-refractivity contribution >= 4 is 17.6 Å². The van der Waals surface area contributed by atoms with Gasteiger partial charge in [0.05, 0.1) is 19.4 Å². The summed E-state index contributed by atoms with van der Waals surface area (Å²) in [5.41, 5.74) is 0.903. The van der Waals surface area contributed by atoms with E-state index in [1.54, 1.807) is 12.3 Å². The van der Waals surface area contributed by atoms with Gasteiger partial charge in [-0.3, -0.25) is 4.99 Å². The molecule has 7 heteroatoms. The van der Waals surface area contributed by atoms with Gasteiger partial charge in [0.1, 0.15) is 11.6 Å². The standard InChI is InChI=1S/C22H27ClFN3O2/c23-20-12-17(24)3-4-19(20)22(7-8-22)15-27-21(26-13-16-6-11-28-14-16)25-9-5-18-2-1-10-29-18/h1-4,10,12,16H,5-9,11,13-15H2,(H2,25,26,27). The minimum absolute atomic E-state index is 0.0864. The van der Waals surface area contributed by atoms with Crippen LogP contribution < -0.4 is 10.6 Å². The number of furan rings is 1. The van der Waals surface area contributed by atoms with Gasteiger partial charge in [0, 0.05) is 42.5 Å². The number of guanidine groups is 1. The van der Waals surface area contributed by atoms with Crippen LogP contribution in [-0.4, -0.2) is 38.8 Å². The summed E-state index contributed by atoms with van der Waals surface area (Å²) >= 11 is 6.31. The third-order valence-corrected chi connectivity index (χ3v) is 6.03. The fraction of sp³-hybridized carbons (Fsp3) is 0.500. The molecule has 2 heterocycles. The van der Waals surface area contributed by atoms with E-state index in [0.29, 0.717) is 17.5 Å². The molecule has 0 amide bonds. The number of benzene rings is 1. The molecule has 5 nitrogen and oxygen atoms in total. The second-order valence-corrected chi connectivity index (χ2v) is 8.34. The molecule has 2 aliphatic rings. The third kappa shape index (κ3) is 5.31. The Hall–Kier alpha value is -2.05.